The minimum Gasteiger partial charge on any atom is -0.380 e. The molecule has 1 aromatic heterocycles. The van der Waals surface area contributed by atoms with Crippen molar-refractivity contribution in [3.8, 4) is 0 Å². The third-order valence-electron chi connectivity index (χ3n) is 1.57. The van der Waals surface area contributed by atoms with Gasteiger partial charge in [0, 0.05) is 18.6 Å². The second-order valence-corrected chi connectivity index (χ2v) is 3.17. The summed E-state index contributed by atoms with van der Waals surface area (Å²) in [7, 11) is 1.69. The minimum absolute atomic E-state index is 0.176. The highest BCUT2D eigenvalue weighted by atomic mass is 79.9. The number of halogens is 1. The van der Waals surface area contributed by atoms with Gasteiger partial charge < -0.3 is 4.74 Å². The fraction of sp³-hybridized carbons (Fsp3) is 0.714. The van der Waals surface area contributed by atoms with E-state index < -0.39 is 0 Å². The Morgan fingerprint density at radius 3 is 3.00 bits per heavy atom. The SMILES string of the molecule is COC(C)Cn1cc(CBr)nn1. The van der Waals surface area contributed by atoms with Gasteiger partial charge in [0.25, 0.3) is 0 Å². The summed E-state index contributed by atoms with van der Waals surface area (Å²) in [5.41, 5.74) is 0.943. The molecule has 0 aliphatic carbocycles. The smallest absolute Gasteiger partial charge is 0.0932 e. The molecule has 0 aliphatic heterocycles. The lowest BCUT2D eigenvalue weighted by Gasteiger charge is -2.07. The van der Waals surface area contributed by atoms with E-state index in [0.29, 0.717) is 0 Å². The Morgan fingerprint density at radius 1 is 1.75 bits per heavy atom. The van der Waals surface area contributed by atoms with Gasteiger partial charge in [-0.3, -0.25) is 0 Å². The molecule has 0 fully saturated rings. The van der Waals surface area contributed by atoms with Crippen LogP contribution in [0.25, 0.3) is 0 Å². The van der Waals surface area contributed by atoms with Crippen LogP contribution in [0, 0.1) is 0 Å². The maximum absolute atomic E-state index is 5.10. The average molecular weight is 234 g/mol. The predicted octanol–water partition coefficient (Wildman–Crippen LogP) is 1.21. The van der Waals surface area contributed by atoms with E-state index in [1.54, 1.807) is 11.8 Å². The van der Waals surface area contributed by atoms with Gasteiger partial charge in [0.05, 0.1) is 18.3 Å². The van der Waals surface area contributed by atoms with Gasteiger partial charge >= 0.3 is 0 Å². The number of methoxy groups -OCH3 is 1. The monoisotopic (exact) mass is 233 g/mol. The van der Waals surface area contributed by atoms with Crippen LogP contribution < -0.4 is 0 Å². The Bertz CT molecular complexity index is 238. The number of nitrogens with zero attached hydrogens (tertiary/aromatic N) is 3. The van der Waals surface area contributed by atoms with Gasteiger partial charge in [0.15, 0.2) is 0 Å². The van der Waals surface area contributed by atoms with Crippen molar-refractivity contribution in [2.75, 3.05) is 7.11 Å². The van der Waals surface area contributed by atoms with Gasteiger partial charge in [0.1, 0.15) is 0 Å². The molecule has 0 aliphatic rings. The first-order valence-corrected chi connectivity index (χ1v) is 4.86. The lowest BCUT2D eigenvalue weighted by Crippen LogP contribution is -2.14. The number of aromatic nitrogens is 3. The van der Waals surface area contributed by atoms with Crippen molar-refractivity contribution in [3.63, 3.8) is 0 Å². The Hall–Kier alpha value is -0.420. The van der Waals surface area contributed by atoms with Crippen molar-refractivity contribution >= 4 is 15.9 Å². The van der Waals surface area contributed by atoms with Gasteiger partial charge in [-0.05, 0) is 6.92 Å². The summed E-state index contributed by atoms with van der Waals surface area (Å²) in [6.07, 6.45) is 2.08. The van der Waals surface area contributed by atoms with Crippen molar-refractivity contribution in [1.29, 1.82) is 0 Å². The highest BCUT2D eigenvalue weighted by Crippen LogP contribution is 2.00. The van der Waals surface area contributed by atoms with Crippen LogP contribution in [-0.4, -0.2) is 28.2 Å². The summed E-state index contributed by atoms with van der Waals surface area (Å²) >= 11 is 3.31. The third-order valence-corrected chi connectivity index (χ3v) is 2.14. The van der Waals surface area contributed by atoms with E-state index in [9.17, 15) is 0 Å². The molecule has 1 aromatic rings. The van der Waals surface area contributed by atoms with E-state index in [1.807, 2.05) is 13.1 Å². The molecule has 1 unspecified atom stereocenters. The van der Waals surface area contributed by atoms with Gasteiger partial charge in [-0.25, -0.2) is 4.68 Å². The summed E-state index contributed by atoms with van der Waals surface area (Å²) in [5.74, 6) is 0. The standard InChI is InChI=1S/C7H12BrN3O/c1-6(12-2)4-11-5-7(3-8)9-10-11/h5-6H,3-4H2,1-2H3. The van der Waals surface area contributed by atoms with Gasteiger partial charge in [-0.1, -0.05) is 21.1 Å². The van der Waals surface area contributed by atoms with E-state index in [-0.39, 0.29) is 6.10 Å². The van der Waals surface area contributed by atoms with Crippen LogP contribution >= 0.6 is 15.9 Å². The fourth-order valence-electron chi connectivity index (χ4n) is 0.827. The molecular formula is C7H12BrN3O. The van der Waals surface area contributed by atoms with Gasteiger partial charge in [-0.15, -0.1) is 5.10 Å². The summed E-state index contributed by atoms with van der Waals surface area (Å²) in [6.45, 7) is 2.74. The van der Waals surface area contributed by atoms with Crippen molar-refractivity contribution < 1.29 is 4.74 Å². The van der Waals surface area contributed by atoms with Crippen molar-refractivity contribution in [3.05, 3.63) is 11.9 Å². The summed E-state index contributed by atoms with van der Waals surface area (Å²) in [5, 5.41) is 8.61. The highest BCUT2D eigenvalue weighted by Gasteiger charge is 2.03. The Labute approximate surface area is 80.0 Å². The molecular weight excluding hydrogens is 222 g/mol. The molecule has 1 rings (SSSR count). The topological polar surface area (TPSA) is 39.9 Å². The molecule has 5 heteroatoms. The molecule has 0 radical (unpaired) electrons. The van der Waals surface area contributed by atoms with E-state index in [1.165, 1.54) is 0 Å². The van der Waals surface area contributed by atoms with E-state index in [2.05, 4.69) is 26.2 Å². The van der Waals surface area contributed by atoms with Crippen LogP contribution in [0.2, 0.25) is 0 Å². The van der Waals surface area contributed by atoms with Crippen molar-refractivity contribution in [2.45, 2.75) is 24.9 Å². The summed E-state index contributed by atoms with van der Waals surface area (Å²) in [6, 6.07) is 0. The fourth-order valence-corrected chi connectivity index (χ4v) is 1.08. The largest absolute Gasteiger partial charge is 0.380 e. The molecule has 1 atom stereocenters. The molecule has 12 heavy (non-hydrogen) atoms. The molecule has 1 heterocycles. The quantitative estimate of drug-likeness (QED) is 0.735. The van der Waals surface area contributed by atoms with Crippen LogP contribution in [0.5, 0.6) is 0 Å². The van der Waals surface area contributed by atoms with Gasteiger partial charge in [0.2, 0.25) is 0 Å². The van der Waals surface area contributed by atoms with Crippen LogP contribution in [0.3, 0.4) is 0 Å². The zero-order chi connectivity index (χ0) is 8.97. The summed E-state index contributed by atoms with van der Waals surface area (Å²) < 4.78 is 6.88. The molecule has 0 amide bonds. The minimum atomic E-state index is 0.176. The number of hydrogen-bond donors (Lipinski definition) is 0. The number of rotatable bonds is 4. The van der Waals surface area contributed by atoms with Crippen LogP contribution in [-0.2, 0) is 16.6 Å². The molecule has 0 saturated heterocycles. The first-order valence-electron chi connectivity index (χ1n) is 3.74. The molecule has 0 saturated carbocycles. The first kappa shape index (κ1) is 9.67. The van der Waals surface area contributed by atoms with E-state index in [4.69, 9.17) is 4.74 Å². The maximum Gasteiger partial charge on any atom is 0.0932 e. The molecule has 0 spiro atoms. The first-order chi connectivity index (χ1) is 5.76. The zero-order valence-corrected chi connectivity index (χ0v) is 8.78. The Morgan fingerprint density at radius 2 is 2.50 bits per heavy atom. The molecule has 4 nitrogen and oxygen atoms in total. The van der Waals surface area contributed by atoms with Crippen LogP contribution in [0.1, 0.15) is 12.6 Å². The lowest BCUT2D eigenvalue weighted by molar-refractivity contribution is 0.0993. The van der Waals surface area contributed by atoms with Gasteiger partial charge in [-0.2, -0.15) is 0 Å². The predicted molar refractivity (Wildman–Crippen MR) is 49.1 cm³/mol. The number of hydrogen-bond acceptors (Lipinski definition) is 3. The zero-order valence-electron chi connectivity index (χ0n) is 7.20. The van der Waals surface area contributed by atoms with E-state index in [0.717, 1.165) is 17.6 Å². The highest BCUT2D eigenvalue weighted by molar-refractivity contribution is 9.08. The molecule has 0 bridgehead atoms. The Balaban J connectivity index is 2.52. The number of alkyl halides is 1. The normalized spacial score (nSPS) is 13.2. The van der Waals surface area contributed by atoms with Crippen LogP contribution in [0.4, 0.5) is 0 Å². The molecule has 68 valence electrons. The Kier molecular flexibility index (Phi) is 3.68. The van der Waals surface area contributed by atoms with Crippen molar-refractivity contribution in [1.82, 2.24) is 15.0 Å². The van der Waals surface area contributed by atoms with Crippen molar-refractivity contribution in [2.24, 2.45) is 0 Å². The molecule has 0 N–H and O–H groups in total. The lowest BCUT2D eigenvalue weighted by atomic mass is 10.4. The van der Waals surface area contributed by atoms with E-state index >= 15 is 0 Å². The second-order valence-electron chi connectivity index (χ2n) is 2.61. The molecule has 0 aromatic carbocycles. The number of ether oxygens (including phenoxy) is 1. The van der Waals surface area contributed by atoms with Crippen LogP contribution in [0.15, 0.2) is 6.20 Å². The third kappa shape index (κ3) is 2.57. The second kappa shape index (κ2) is 4.57. The summed E-state index contributed by atoms with van der Waals surface area (Å²) in [4.78, 5) is 0. The average Bonchev–Trinajstić information content (AvgIpc) is 2.52. The maximum atomic E-state index is 5.10.